The second kappa shape index (κ2) is 6.09. The Hall–Kier alpha value is -1.77. The van der Waals surface area contributed by atoms with Crippen molar-refractivity contribution >= 4 is 11.6 Å². The van der Waals surface area contributed by atoms with Crippen molar-refractivity contribution in [3.63, 3.8) is 0 Å². The summed E-state index contributed by atoms with van der Waals surface area (Å²) in [6, 6.07) is 5.92. The van der Waals surface area contributed by atoms with Gasteiger partial charge in [-0.25, -0.2) is 4.99 Å². The lowest BCUT2D eigenvalue weighted by atomic mass is 10.1. The number of aliphatic imine (C=N–C) groups is 1. The molecule has 0 heterocycles. The lowest BCUT2D eigenvalue weighted by Gasteiger charge is -2.10. The average molecular weight is 233 g/mol. The number of nitrogens with zero attached hydrogens (tertiary/aromatic N) is 1. The summed E-state index contributed by atoms with van der Waals surface area (Å²) in [7, 11) is 3.26. The van der Waals surface area contributed by atoms with Gasteiger partial charge >= 0.3 is 0 Å². The van der Waals surface area contributed by atoms with Crippen LogP contribution in [0.4, 0.5) is 0 Å². The number of ether oxygens (including phenoxy) is 2. The summed E-state index contributed by atoms with van der Waals surface area (Å²) in [5.41, 5.74) is 2.70. The second-order valence-electron chi connectivity index (χ2n) is 3.71. The molecule has 0 spiro atoms. The van der Waals surface area contributed by atoms with E-state index in [9.17, 15) is 0 Å². The van der Waals surface area contributed by atoms with Crippen molar-refractivity contribution in [3.8, 4) is 5.75 Å². The van der Waals surface area contributed by atoms with Crippen molar-refractivity contribution in [2.75, 3.05) is 14.2 Å². The van der Waals surface area contributed by atoms with E-state index >= 15 is 0 Å². The molecule has 0 unspecified atom stereocenters. The Bertz CT molecular complexity index is 430. The maximum Gasteiger partial charge on any atom is 0.187 e. The van der Waals surface area contributed by atoms with Crippen molar-refractivity contribution in [1.82, 2.24) is 0 Å². The van der Waals surface area contributed by atoms with Crippen LogP contribution in [-0.4, -0.2) is 20.1 Å². The summed E-state index contributed by atoms with van der Waals surface area (Å²) in [5.74, 6) is 1.44. The molecule has 0 aromatic heterocycles. The fourth-order valence-electron chi connectivity index (χ4n) is 1.53. The minimum atomic E-state index is 0.657. The van der Waals surface area contributed by atoms with Crippen LogP contribution in [0.15, 0.2) is 29.8 Å². The van der Waals surface area contributed by atoms with Crippen LogP contribution in [0.1, 0.15) is 24.5 Å². The smallest absolute Gasteiger partial charge is 0.187 e. The molecule has 0 fully saturated rings. The molecule has 3 nitrogen and oxygen atoms in total. The van der Waals surface area contributed by atoms with E-state index < -0.39 is 0 Å². The van der Waals surface area contributed by atoms with Gasteiger partial charge in [0.25, 0.3) is 0 Å². The van der Waals surface area contributed by atoms with E-state index in [1.807, 2.05) is 32.0 Å². The predicted octanol–water partition coefficient (Wildman–Crippen LogP) is 3.43. The Morgan fingerprint density at radius 1 is 1.35 bits per heavy atom. The zero-order chi connectivity index (χ0) is 12.8. The lowest BCUT2D eigenvalue weighted by Crippen LogP contribution is -1.99. The topological polar surface area (TPSA) is 30.8 Å². The van der Waals surface area contributed by atoms with Gasteiger partial charge in [-0.2, -0.15) is 0 Å². The fourth-order valence-corrected chi connectivity index (χ4v) is 1.53. The first-order valence-electron chi connectivity index (χ1n) is 5.57. The Balaban J connectivity index is 3.11. The molecule has 17 heavy (non-hydrogen) atoms. The van der Waals surface area contributed by atoms with Gasteiger partial charge in [0.15, 0.2) is 5.90 Å². The predicted molar refractivity (Wildman–Crippen MR) is 71.5 cm³/mol. The first-order chi connectivity index (χ1) is 8.12. The maximum atomic E-state index is 5.30. The normalized spacial score (nSPS) is 11.2. The maximum absolute atomic E-state index is 5.30. The van der Waals surface area contributed by atoms with E-state index in [1.54, 1.807) is 14.2 Å². The van der Waals surface area contributed by atoms with Crippen LogP contribution in [0.5, 0.6) is 5.75 Å². The number of methoxy groups -OCH3 is 2. The highest BCUT2D eigenvalue weighted by Crippen LogP contribution is 2.27. The second-order valence-corrected chi connectivity index (χ2v) is 3.71. The van der Waals surface area contributed by atoms with Crippen LogP contribution >= 0.6 is 0 Å². The highest BCUT2D eigenvalue weighted by atomic mass is 16.5. The van der Waals surface area contributed by atoms with Gasteiger partial charge in [0.05, 0.1) is 19.9 Å². The molecule has 0 radical (unpaired) electrons. The van der Waals surface area contributed by atoms with Gasteiger partial charge in [-0.1, -0.05) is 25.1 Å². The van der Waals surface area contributed by atoms with E-state index in [1.165, 1.54) is 0 Å². The van der Waals surface area contributed by atoms with Crippen molar-refractivity contribution in [3.05, 3.63) is 35.9 Å². The third kappa shape index (κ3) is 3.34. The summed E-state index contributed by atoms with van der Waals surface area (Å²) < 4.78 is 10.4. The first kappa shape index (κ1) is 13.3. The van der Waals surface area contributed by atoms with Gasteiger partial charge in [0.2, 0.25) is 0 Å². The SMILES string of the molecule is C=C(N=C(CC)OC)c1cc(C)ccc1OC. The number of aryl methyl sites for hydroxylation is 1. The number of rotatable bonds is 4. The van der Waals surface area contributed by atoms with Crippen molar-refractivity contribution in [1.29, 1.82) is 0 Å². The monoisotopic (exact) mass is 233 g/mol. The van der Waals surface area contributed by atoms with Crippen molar-refractivity contribution < 1.29 is 9.47 Å². The lowest BCUT2D eigenvalue weighted by molar-refractivity contribution is 0.392. The molecule has 92 valence electrons. The molecule has 0 amide bonds. The zero-order valence-corrected chi connectivity index (χ0v) is 10.9. The zero-order valence-electron chi connectivity index (χ0n) is 10.9. The summed E-state index contributed by atoms with van der Waals surface area (Å²) in [5, 5.41) is 0. The van der Waals surface area contributed by atoms with Gasteiger partial charge < -0.3 is 9.47 Å². The van der Waals surface area contributed by atoms with Crippen LogP contribution in [0.25, 0.3) is 5.70 Å². The Morgan fingerprint density at radius 3 is 2.59 bits per heavy atom. The van der Waals surface area contributed by atoms with Gasteiger partial charge in [-0.15, -0.1) is 0 Å². The molecule has 0 saturated carbocycles. The minimum absolute atomic E-state index is 0.657. The van der Waals surface area contributed by atoms with Gasteiger partial charge in [0, 0.05) is 12.0 Å². The van der Waals surface area contributed by atoms with Crippen molar-refractivity contribution in [2.45, 2.75) is 20.3 Å². The molecule has 0 atom stereocenters. The molecule has 0 aliphatic heterocycles. The molecular formula is C14H19NO2. The highest BCUT2D eigenvalue weighted by Gasteiger charge is 2.07. The van der Waals surface area contributed by atoms with Crippen LogP contribution in [0.2, 0.25) is 0 Å². The van der Waals surface area contributed by atoms with Crippen LogP contribution in [0, 0.1) is 6.92 Å². The van der Waals surface area contributed by atoms with Gasteiger partial charge in [0.1, 0.15) is 5.75 Å². The van der Waals surface area contributed by atoms with Crippen molar-refractivity contribution in [2.24, 2.45) is 4.99 Å². The molecule has 3 heteroatoms. The Morgan fingerprint density at radius 2 is 2.06 bits per heavy atom. The molecule has 0 aliphatic carbocycles. The van der Waals surface area contributed by atoms with E-state index in [2.05, 4.69) is 11.6 Å². The molecular weight excluding hydrogens is 214 g/mol. The fraction of sp³-hybridized carbons (Fsp3) is 0.357. The Labute approximate surface area is 103 Å². The van der Waals surface area contributed by atoms with Crippen LogP contribution in [-0.2, 0) is 4.74 Å². The first-order valence-corrected chi connectivity index (χ1v) is 5.57. The molecule has 0 aliphatic rings. The number of hydrogen-bond acceptors (Lipinski definition) is 3. The van der Waals surface area contributed by atoms with Gasteiger partial charge in [-0.05, 0) is 19.1 Å². The summed E-state index contributed by atoms with van der Waals surface area (Å²) in [6.45, 7) is 7.98. The average Bonchev–Trinajstić information content (AvgIpc) is 2.35. The minimum Gasteiger partial charge on any atom is -0.496 e. The molecule has 1 rings (SSSR count). The Kier molecular flexibility index (Phi) is 4.76. The van der Waals surface area contributed by atoms with E-state index in [4.69, 9.17) is 9.47 Å². The quantitative estimate of drug-likeness (QED) is 0.589. The summed E-state index contributed by atoms with van der Waals surface area (Å²) in [4.78, 5) is 4.35. The third-order valence-electron chi connectivity index (χ3n) is 2.46. The van der Waals surface area contributed by atoms with E-state index in [0.29, 0.717) is 11.6 Å². The third-order valence-corrected chi connectivity index (χ3v) is 2.46. The molecule has 1 aromatic rings. The number of hydrogen-bond donors (Lipinski definition) is 0. The molecule has 0 N–H and O–H groups in total. The van der Waals surface area contributed by atoms with E-state index in [0.717, 1.165) is 23.3 Å². The van der Waals surface area contributed by atoms with E-state index in [-0.39, 0.29) is 0 Å². The molecule has 0 saturated heterocycles. The standard InChI is InChI=1S/C14H19NO2/c1-6-14(17-5)15-11(3)12-9-10(2)7-8-13(12)16-4/h7-9H,3,6H2,1-2,4-5H3. The molecule has 1 aromatic carbocycles. The summed E-state index contributed by atoms with van der Waals surface area (Å²) >= 11 is 0. The number of benzene rings is 1. The largest absolute Gasteiger partial charge is 0.496 e. The molecule has 0 bridgehead atoms. The highest BCUT2D eigenvalue weighted by molar-refractivity contribution is 5.84. The van der Waals surface area contributed by atoms with Gasteiger partial charge in [-0.3, -0.25) is 0 Å². The van der Waals surface area contributed by atoms with Crippen LogP contribution in [0.3, 0.4) is 0 Å². The summed E-state index contributed by atoms with van der Waals surface area (Å²) in [6.07, 6.45) is 0.740. The van der Waals surface area contributed by atoms with Crippen LogP contribution < -0.4 is 4.74 Å².